The summed E-state index contributed by atoms with van der Waals surface area (Å²) in [5, 5.41) is 3.55. The predicted molar refractivity (Wildman–Crippen MR) is 145 cm³/mol. The van der Waals surface area contributed by atoms with Crippen molar-refractivity contribution in [3.05, 3.63) is 130 Å². The zero-order valence-corrected chi connectivity index (χ0v) is 21.0. The fourth-order valence-corrected chi connectivity index (χ4v) is 5.45. The van der Waals surface area contributed by atoms with Crippen LogP contribution in [0.1, 0.15) is 38.0 Å². The second-order valence-corrected chi connectivity index (χ2v) is 10.1. The van der Waals surface area contributed by atoms with Crippen LogP contribution in [-0.2, 0) is 17.8 Å². The molecule has 2 heterocycles. The first-order valence-corrected chi connectivity index (χ1v) is 13.0. The lowest BCUT2D eigenvalue weighted by molar-refractivity contribution is -0.128. The van der Waals surface area contributed by atoms with Gasteiger partial charge < -0.3 is 10.2 Å². The largest absolute Gasteiger partial charge is 0.322 e. The van der Waals surface area contributed by atoms with E-state index in [4.69, 9.17) is 11.6 Å². The van der Waals surface area contributed by atoms with Gasteiger partial charge in [-0.05, 0) is 77.2 Å². The van der Waals surface area contributed by atoms with Gasteiger partial charge in [0.05, 0.1) is 5.75 Å². The Hall–Kier alpha value is -3.61. The van der Waals surface area contributed by atoms with E-state index < -0.39 is 0 Å². The van der Waals surface area contributed by atoms with Crippen LogP contribution in [0, 0.1) is 0 Å². The third-order valence-corrected chi connectivity index (χ3v) is 7.57. The quantitative estimate of drug-likeness (QED) is 0.312. The maximum atomic E-state index is 12.8. The lowest BCUT2D eigenvalue weighted by Crippen LogP contribution is -2.27. The number of aromatic nitrogens is 1. The Labute approximate surface area is 219 Å². The molecule has 1 saturated heterocycles. The highest BCUT2D eigenvalue weighted by atomic mass is 35.5. The molecule has 5 nitrogen and oxygen atoms in total. The normalized spacial score (nSPS) is 15.2. The van der Waals surface area contributed by atoms with Crippen molar-refractivity contribution < 1.29 is 9.59 Å². The summed E-state index contributed by atoms with van der Waals surface area (Å²) in [6.07, 6.45) is 4.39. The highest BCUT2D eigenvalue weighted by Gasteiger charge is 2.32. The number of nitrogens with one attached hydrogen (secondary N) is 1. The van der Waals surface area contributed by atoms with Crippen LogP contribution in [-0.4, -0.2) is 27.5 Å². The van der Waals surface area contributed by atoms with Gasteiger partial charge in [0.15, 0.2) is 0 Å². The van der Waals surface area contributed by atoms with Crippen molar-refractivity contribution in [2.45, 2.75) is 18.3 Å². The number of amides is 2. The Morgan fingerprint density at radius 3 is 2.22 bits per heavy atom. The van der Waals surface area contributed by atoms with Gasteiger partial charge in [0.2, 0.25) is 5.91 Å². The minimum atomic E-state index is -0.170. The highest BCUT2D eigenvalue weighted by molar-refractivity contribution is 8.00. The van der Waals surface area contributed by atoms with Crippen molar-refractivity contribution in [2.24, 2.45) is 0 Å². The topological polar surface area (TPSA) is 62.3 Å². The summed E-state index contributed by atoms with van der Waals surface area (Å²) in [6, 6.07) is 26.9. The van der Waals surface area contributed by atoms with Crippen LogP contribution in [0.15, 0.2) is 97.3 Å². The summed E-state index contributed by atoms with van der Waals surface area (Å²) in [7, 11) is 0. The van der Waals surface area contributed by atoms with Crippen LogP contribution in [0.5, 0.6) is 0 Å². The molecular formula is C29H24ClN3O2S. The van der Waals surface area contributed by atoms with Gasteiger partial charge in [-0.15, -0.1) is 11.8 Å². The summed E-state index contributed by atoms with van der Waals surface area (Å²) < 4.78 is 0. The Morgan fingerprint density at radius 1 is 0.889 bits per heavy atom. The smallest absolute Gasteiger partial charge is 0.255 e. The van der Waals surface area contributed by atoms with E-state index in [-0.39, 0.29) is 17.2 Å². The minimum absolute atomic E-state index is 0.0850. The first-order chi connectivity index (χ1) is 17.5. The molecule has 1 unspecified atom stereocenters. The van der Waals surface area contributed by atoms with Crippen molar-refractivity contribution in [1.29, 1.82) is 0 Å². The van der Waals surface area contributed by atoms with Crippen molar-refractivity contribution in [3.8, 4) is 0 Å². The number of hydrogen-bond donors (Lipinski definition) is 1. The fraction of sp³-hybridized carbons (Fsp3) is 0.138. The molecule has 180 valence electrons. The standard InChI is InChI=1S/C29H24ClN3O2S/c30-25-9-1-22(2-10-25)18-33-27(34)19-36-29(33)24-7-5-23(6-8-24)28(35)32-26-11-3-20(4-12-26)17-21-13-15-31-16-14-21/h1-16,29H,17-19H2,(H,32,35). The summed E-state index contributed by atoms with van der Waals surface area (Å²) in [5.74, 6) is 0.378. The molecule has 1 aliphatic rings. The molecule has 5 rings (SSSR count). The Bertz CT molecular complexity index is 1340. The van der Waals surface area contributed by atoms with E-state index in [1.807, 2.05) is 89.8 Å². The molecule has 3 aromatic carbocycles. The first kappa shape index (κ1) is 24.1. The molecule has 0 radical (unpaired) electrons. The van der Waals surface area contributed by atoms with Gasteiger partial charge in [0.25, 0.3) is 5.91 Å². The number of carbonyl (C=O) groups excluding carboxylic acids is 2. The number of carbonyl (C=O) groups is 2. The predicted octanol–water partition coefficient (Wildman–Crippen LogP) is 6.35. The summed E-state index contributed by atoms with van der Waals surface area (Å²) in [5.41, 5.74) is 5.69. The second kappa shape index (κ2) is 11.0. The van der Waals surface area contributed by atoms with Gasteiger partial charge in [0, 0.05) is 35.2 Å². The van der Waals surface area contributed by atoms with Crippen LogP contribution in [0.25, 0.3) is 0 Å². The van der Waals surface area contributed by atoms with Gasteiger partial charge in [-0.25, -0.2) is 0 Å². The van der Waals surface area contributed by atoms with Crippen LogP contribution >= 0.6 is 23.4 Å². The Morgan fingerprint density at radius 2 is 1.53 bits per heavy atom. The molecule has 0 spiro atoms. The van der Waals surface area contributed by atoms with E-state index in [0.717, 1.165) is 28.8 Å². The first-order valence-electron chi connectivity index (χ1n) is 11.6. The Kier molecular flexibility index (Phi) is 7.35. The molecule has 1 atom stereocenters. The average molecular weight is 514 g/mol. The van der Waals surface area contributed by atoms with Gasteiger partial charge in [-0.3, -0.25) is 14.6 Å². The third kappa shape index (κ3) is 5.78. The van der Waals surface area contributed by atoms with Gasteiger partial charge >= 0.3 is 0 Å². The second-order valence-electron chi connectivity index (χ2n) is 8.62. The zero-order chi connectivity index (χ0) is 24.9. The molecule has 2 amide bonds. The molecule has 1 aliphatic heterocycles. The van der Waals surface area contributed by atoms with Gasteiger partial charge in [-0.1, -0.05) is 48.0 Å². The molecule has 36 heavy (non-hydrogen) atoms. The molecule has 7 heteroatoms. The maximum Gasteiger partial charge on any atom is 0.255 e. The Balaban J connectivity index is 1.22. The number of benzene rings is 3. The number of thioether (sulfide) groups is 1. The van der Waals surface area contributed by atoms with E-state index in [2.05, 4.69) is 10.3 Å². The molecule has 0 bridgehead atoms. The number of pyridine rings is 1. The van der Waals surface area contributed by atoms with Crippen molar-refractivity contribution in [3.63, 3.8) is 0 Å². The van der Waals surface area contributed by atoms with Crippen LogP contribution in [0.3, 0.4) is 0 Å². The third-order valence-electron chi connectivity index (χ3n) is 6.06. The number of halogens is 1. The molecule has 4 aromatic rings. The van der Waals surface area contributed by atoms with E-state index >= 15 is 0 Å². The monoisotopic (exact) mass is 513 g/mol. The summed E-state index contributed by atoms with van der Waals surface area (Å²) >= 11 is 7.59. The summed E-state index contributed by atoms with van der Waals surface area (Å²) in [4.78, 5) is 31.3. The average Bonchev–Trinajstić information content (AvgIpc) is 3.27. The number of nitrogens with zero attached hydrogens (tertiary/aromatic N) is 2. The van der Waals surface area contributed by atoms with Crippen LogP contribution in [0.4, 0.5) is 5.69 Å². The highest BCUT2D eigenvalue weighted by Crippen LogP contribution is 2.39. The van der Waals surface area contributed by atoms with E-state index in [0.29, 0.717) is 22.9 Å². The molecular weight excluding hydrogens is 490 g/mol. The number of rotatable bonds is 7. The molecule has 1 fully saturated rings. The van der Waals surface area contributed by atoms with E-state index in [1.54, 1.807) is 24.2 Å². The minimum Gasteiger partial charge on any atom is -0.322 e. The van der Waals surface area contributed by atoms with Crippen molar-refractivity contribution in [2.75, 3.05) is 11.1 Å². The molecule has 0 aliphatic carbocycles. The zero-order valence-electron chi connectivity index (χ0n) is 19.4. The van der Waals surface area contributed by atoms with Gasteiger partial charge in [0.1, 0.15) is 5.37 Å². The van der Waals surface area contributed by atoms with Crippen molar-refractivity contribution >= 4 is 40.9 Å². The van der Waals surface area contributed by atoms with E-state index in [1.165, 1.54) is 5.56 Å². The van der Waals surface area contributed by atoms with Gasteiger partial charge in [-0.2, -0.15) is 0 Å². The van der Waals surface area contributed by atoms with Crippen molar-refractivity contribution in [1.82, 2.24) is 9.88 Å². The number of hydrogen-bond acceptors (Lipinski definition) is 4. The molecule has 1 aromatic heterocycles. The lowest BCUT2D eigenvalue weighted by Gasteiger charge is -2.24. The fourth-order valence-electron chi connectivity index (χ4n) is 4.13. The molecule has 0 saturated carbocycles. The molecule has 1 N–H and O–H groups in total. The maximum absolute atomic E-state index is 12.8. The lowest BCUT2D eigenvalue weighted by atomic mass is 10.1. The number of anilines is 1. The summed E-state index contributed by atoms with van der Waals surface area (Å²) in [6.45, 7) is 0.521. The van der Waals surface area contributed by atoms with E-state index in [9.17, 15) is 9.59 Å². The van der Waals surface area contributed by atoms with Crippen LogP contribution < -0.4 is 5.32 Å². The SMILES string of the molecule is O=C(Nc1ccc(Cc2ccncc2)cc1)c1ccc(C2SCC(=O)N2Cc2ccc(Cl)cc2)cc1. The van der Waals surface area contributed by atoms with Crippen LogP contribution in [0.2, 0.25) is 5.02 Å².